The summed E-state index contributed by atoms with van der Waals surface area (Å²) in [4.78, 5) is 17.3. The molecule has 2 heterocycles. The first-order valence-corrected chi connectivity index (χ1v) is 12.0. The summed E-state index contributed by atoms with van der Waals surface area (Å²) in [6, 6.07) is 12.0. The third-order valence-corrected chi connectivity index (χ3v) is 8.01. The van der Waals surface area contributed by atoms with Crippen LogP contribution in [-0.2, 0) is 10.0 Å². The molecule has 4 rings (SSSR count). The summed E-state index contributed by atoms with van der Waals surface area (Å²) >= 11 is 1.42. The maximum absolute atomic E-state index is 12.9. The highest BCUT2D eigenvalue weighted by Gasteiger charge is 2.25. The number of rotatable bonds is 4. The molecule has 0 spiro atoms. The Hall–Kier alpha value is -2.29. The van der Waals surface area contributed by atoms with Crippen LogP contribution in [-0.4, -0.2) is 36.7 Å². The van der Waals surface area contributed by atoms with Gasteiger partial charge in [0.15, 0.2) is 5.13 Å². The van der Waals surface area contributed by atoms with Crippen LogP contribution in [0.15, 0.2) is 47.4 Å². The van der Waals surface area contributed by atoms with Crippen molar-refractivity contribution in [2.75, 3.05) is 18.4 Å². The number of para-hydroxylation sites is 1. The number of carbonyl (C=O) groups is 1. The number of aromatic nitrogens is 1. The SMILES string of the molecule is Cc1cccc2sc(NC(=O)c3ccc(S(=O)(=O)N4CCCCCC4)cc3)nc12. The predicted molar refractivity (Wildman–Crippen MR) is 116 cm³/mol. The van der Waals surface area contributed by atoms with E-state index in [2.05, 4.69) is 10.3 Å². The molecule has 0 aliphatic carbocycles. The van der Waals surface area contributed by atoms with E-state index in [0.29, 0.717) is 23.8 Å². The number of hydrogen-bond acceptors (Lipinski definition) is 5. The van der Waals surface area contributed by atoms with E-state index >= 15 is 0 Å². The van der Waals surface area contributed by atoms with E-state index in [-0.39, 0.29) is 10.8 Å². The number of aryl methyl sites for hydroxylation is 1. The van der Waals surface area contributed by atoms with Gasteiger partial charge in [0.05, 0.1) is 15.1 Å². The molecule has 0 bridgehead atoms. The second-order valence-corrected chi connectivity index (χ2v) is 10.2. The van der Waals surface area contributed by atoms with E-state index < -0.39 is 10.0 Å². The van der Waals surface area contributed by atoms with Crippen LogP contribution in [0.3, 0.4) is 0 Å². The van der Waals surface area contributed by atoms with Crippen molar-refractivity contribution in [2.45, 2.75) is 37.5 Å². The molecule has 1 aromatic heterocycles. The summed E-state index contributed by atoms with van der Waals surface area (Å²) in [5.41, 5.74) is 2.34. The van der Waals surface area contributed by atoms with Gasteiger partial charge in [0, 0.05) is 18.7 Å². The lowest BCUT2D eigenvalue weighted by Gasteiger charge is -2.20. The smallest absolute Gasteiger partial charge is 0.257 e. The zero-order valence-corrected chi connectivity index (χ0v) is 17.9. The van der Waals surface area contributed by atoms with Crippen molar-refractivity contribution in [1.29, 1.82) is 0 Å². The minimum Gasteiger partial charge on any atom is -0.298 e. The molecule has 6 nitrogen and oxygen atoms in total. The van der Waals surface area contributed by atoms with Crippen molar-refractivity contribution >= 4 is 42.6 Å². The van der Waals surface area contributed by atoms with Gasteiger partial charge in [-0.25, -0.2) is 13.4 Å². The summed E-state index contributed by atoms with van der Waals surface area (Å²) in [5.74, 6) is -0.305. The fourth-order valence-corrected chi connectivity index (χ4v) is 5.97. The van der Waals surface area contributed by atoms with Crippen LogP contribution in [0.4, 0.5) is 5.13 Å². The number of sulfonamides is 1. The Morgan fingerprint density at radius 2 is 1.72 bits per heavy atom. The van der Waals surface area contributed by atoms with Gasteiger partial charge < -0.3 is 0 Å². The molecule has 29 heavy (non-hydrogen) atoms. The Morgan fingerprint density at radius 1 is 1.03 bits per heavy atom. The first kappa shape index (κ1) is 20.0. The van der Waals surface area contributed by atoms with Gasteiger partial charge >= 0.3 is 0 Å². The van der Waals surface area contributed by atoms with Crippen LogP contribution < -0.4 is 5.32 Å². The van der Waals surface area contributed by atoms with Crippen LogP contribution in [0, 0.1) is 6.92 Å². The molecule has 1 fully saturated rings. The van der Waals surface area contributed by atoms with Gasteiger partial charge in [0.25, 0.3) is 5.91 Å². The van der Waals surface area contributed by atoms with E-state index in [0.717, 1.165) is 41.5 Å². The molecule has 8 heteroatoms. The zero-order chi connectivity index (χ0) is 20.4. The number of amides is 1. The fraction of sp³-hybridized carbons (Fsp3) is 0.333. The lowest BCUT2D eigenvalue weighted by atomic mass is 10.2. The minimum atomic E-state index is -3.52. The highest BCUT2D eigenvalue weighted by atomic mass is 32.2. The summed E-state index contributed by atoms with van der Waals surface area (Å²) in [5, 5.41) is 3.34. The molecule has 0 atom stereocenters. The molecule has 1 saturated heterocycles. The molecule has 3 aromatic rings. The molecule has 1 aliphatic rings. The number of nitrogens with zero attached hydrogens (tertiary/aromatic N) is 2. The lowest BCUT2D eigenvalue weighted by Crippen LogP contribution is -2.31. The van der Waals surface area contributed by atoms with E-state index in [1.165, 1.54) is 23.5 Å². The van der Waals surface area contributed by atoms with Crippen molar-refractivity contribution < 1.29 is 13.2 Å². The average molecular weight is 430 g/mol. The zero-order valence-electron chi connectivity index (χ0n) is 16.2. The van der Waals surface area contributed by atoms with Crippen molar-refractivity contribution in [3.63, 3.8) is 0 Å². The number of anilines is 1. The van der Waals surface area contributed by atoms with Gasteiger partial charge in [-0.2, -0.15) is 4.31 Å². The quantitative estimate of drug-likeness (QED) is 0.666. The molecular formula is C21H23N3O3S2. The van der Waals surface area contributed by atoms with Gasteiger partial charge in [-0.15, -0.1) is 0 Å². The van der Waals surface area contributed by atoms with Crippen LogP contribution in [0.1, 0.15) is 41.6 Å². The Labute approximate surface area is 174 Å². The Balaban J connectivity index is 1.50. The van der Waals surface area contributed by atoms with Crippen LogP contribution >= 0.6 is 11.3 Å². The molecule has 1 aliphatic heterocycles. The largest absolute Gasteiger partial charge is 0.298 e. The highest BCUT2D eigenvalue weighted by molar-refractivity contribution is 7.89. The molecular weight excluding hydrogens is 406 g/mol. The number of hydrogen-bond donors (Lipinski definition) is 1. The minimum absolute atomic E-state index is 0.228. The monoisotopic (exact) mass is 429 g/mol. The van der Waals surface area contributed by atoms with E-state index in [9.17, 15) is 13.2 Å². The molecule has 0 saturated carbocycles. The van der Waals surface area contributed by atoms with Gasteiger partial charge in [0.2, 0.25) is 10.0 Å². The van der Waals surface area contributed by atoms with Crippen molar-refractivity contribution in [1.82, 2.24) is 9.29 Å². The maximum Gasteiger partial charge on any atom is 0.257 e. The first-order valence-electron chi connectivity index (χ1n) is 9.73. The molecule has 152 valence electrons. The van der Waals surface area contributed by atoms with Crippen LogP contribution in [0.25, 0.3) is 10.2 Å². The Morgan fingerprint density at radius 3 is 2.38 bits per heavy atom. The molecule has 2 aromatic carbocycles. The molecule has 1 N–H and O–H groups in total. The van der Waals surface area contributed by atoms with Crippen LogP contribution in [0.2, 0.25) is 0 Å². The van der Waals surface area contributed by atoms with E-state index in [1.54, 1.807) is 16.4 Å². The second-order valence-electron chi connectivity index (χ2n) is 7.24. The Kier molecular flexibility index (Phi) is 5.67. The molecule has 0 radical (unpaired) electrons. The van der Waals surface area contributed by atoms with Gasteiger partial charge in [-0.05, 0) is 55.7 Å². The second kappa shape index (κ2) is 8.22. The maximum atomic E-state index is 12.9. The number of thiazole rings is 1. The third kappa shape index (κ3) is 4.19. The predicted octanol–water partition coefficient (Wildman–Crippen LogP) is 4.42. The van der Waals surface area contributed by atoms with Gasteiger partial charge in [-0.3, -0.25) is 10.1 Å². The van der Waals surface area contributed by atoms with Crippen molar-refractivity contribution in [3.8, 4) is 0 Å². The number of carbonyl (C=O) groups excluding carboxylic acids is 1. The van der Waals surface area contributed by atoms with Crippen LogP contribution in [0.5, 0.6) is 0 Å². The summed E-state index contributed by atoms with van der Waals surface area (Å²) in [6.45, 7) is 3.10. The first-order chi connectivity index (χ1) is 13.9. The number of benzene rings is 2. The standard InChI is InChI=1S/C21H23N3O3S2/c1-15-7-6-8-18-19(15)22-21(28-18)23-20(25)16-9-11-17(12-10-16)29(26,27)24-13-4-2-3-5-14-24/h6-12H,2-5,13-14H2,1H3,(H,22,23,25). The lowest BCUT2D eigenvalue weighted by molar-refractivity contribution is 0.102. The van der Waals surface area contributed by atoms with Crippen molar-refractivity contribution in [3.05, 3.63) is 53.6 Å². The third-order valence-electron chi connectivity index (χ3n) is 5.16. The highest BCUT2D eigenvalue weighted by Crippen LogP contribution is 2.28. The number of fused-ring (bicyclic) bond motifs is 1. The summed E-state index contributed by atoms with van der Waals surface area (Å²) < 4.78 is 28.3. The average Bonchev–Trinajstić information content (AvgIpc) is 2.93. The van der Waals surface area contributed by atoms with E-state index in [4.69, 9.17) is 0 Å². The summed E-state index contributed by atoms with van der Waals surface area (Å²) in [7, 11) is -3.52. The van der Waals surface area contributed by atoms with Gasteiger partial charge in [-0.1, -0.05) is 36.3 Å². The number of nitrogens with one attached hydrogen (secondary N) is 1. The van der Waals surface area contributed by atoms with Crippen molar-refractivity contribution in [2.24, 2.45) is 0 Å². The summed E-state index contributed by atoms with van der Waals surface area (Å²) in [6.07, 6.45) is 3.91. The van der Waals surface area contributed by atoms with Gasteiger partial charge in [0.1, 0.15) is 0 Å². The normalized spacial score (nSPS) is 15.9. The van der Waals surface area contributed by atoms with E-state index in [1.807, 2.05) is 25.1 Å². The molecule has 0 unspecified atom stereocenters. The fourth-order valence-electron chi connectivity index (χ4n) is 3.52. The Bertz CT molecular complexity index is 1130. The molecule has 1 amide bonds. The topological polar surface area (TPSA) is 79.4 Å².